The molecule has 1 heterocycles. The van der Waals surface area contributed by atoms with Gasteiger partial charge < -0.3 is 14.0 Å². The van der Waals surface area contributed by atoms with E-state index in [1.807, 2.05) is 19.1 Å². The Morgan fingerprint density at radius 3 is 2.33 bits per heavy atom. The summed E-state index contributed by atoms with van der Waals surface area (Å²) in [5.74, 6) is -1.10. The van der Waals surface area contributed by atoms with E-state index in [0.29, 0.717) is 10.7 Å². The largest absolute Gasteiger partial charge is 0.462 e. The first kappa shape index (κ1) is 18.1. The van der Waals surface area contributed by atoms with Crippen LogP contribution in [0.3, 0.4) is 0 Å². The van der Waals surface area contributed by atoms with E-state index in [-0.39, 0.29) is 24.3 Å². The number of esters is 2. The van der Waals surface area contributed by atoms with Gasteiger partial charge in [0.1, 0.15) is 0 Å². The van der Waals surface area contributed by atoms with Crippen LogP contribution < -0.4 is 0 Å². The number of ether oxygens (including phenoxy) is 2. The van der Waals surface area contributed by atoms with Crippen LogP contribution >= 0.6 is 11.6 Å². The fraction of sp³-hybridized carbons (Fsp3) is 0.333. The van der Waals surface area contributed by atoms with Crippen LogP contribution in [0.2, 0.25) is 5.02 Å². The summed E-state index contributed by atoms with van der Waals surface area (Å²) in [4.78, 5) is 24.6. The van der Waals surface area contributed by atoms with Crippen molar-refractivity contribution in [3.63, 3.8) is 0 Å². The third-order valence-corrected chi connectivity index (χ3v) is 4.13. The molecular weight excluding hydrogens is 330 g/mol. The van der Waals surface area contributed by atoms with Crippen LogP contribution in [0.4, 0.5) is 0 Å². The molecule has 2 rings (SSSR count). The second kappa shape index (κ2) is 7.53. The quantitative estimate of drug-likeness (QED) is 0.762. The first-order valence-electron chi connectivity index (χ1n) is 7.74. The Hall–Kier alpha value is -2.27. The number of rotatable bonds is 5. The van der Waals surface area contributed by atoms with Crippen molar-refractivity contribution in [2.75, 3.05) is 13.2 Å². The van der Waals surface area contributed by atoms with Crippen molar-refractivity contribution in [3.8, 4) is 5.69 Å². The zero-order chi connectivity index (χ0) is 17.9. The molecule has 0 spiro atoms. The summed E-state index contributed by atoms with van der Waals surface area (Å²) in [6, 6.07) is 5.48. The highest BCUT2D eigenvalue weighted by Gasteiger charge is 2.26. The second-order valence-corrected chi connectivity index (χ2v) is 5.61. The van der Waals surface area contributed by atoms with Crippen LogP contribution in [0, 0.1) is 13.8 Å². The van der Waals surface area contributed by atoms with Gasteiger partial charge in [-0.1, -0.05) is 17.7 Å². The minimum Gasteiger partial charge on any atom is -0.462 e. The molecule has 128 valence electrons. The van der Waals surface area contributed by atoms with E-state index in [1.165, 1.54) is 0 Å². The molecule has 0 aliphatic carbocycles. The molecule has 0 amide bonds. The van der Waals surface area contributed by atoms with Crippen LogP contribution in [-0.2, 0) is 9.47 Å². The molecule has 0 fully saturated rings. The van der Waals surface area contributed by atoms with Gasteiger partial charge in [0, 0.05) is 22.6 Å². The summed E-state index contributed by atoms with van der Waals surface area (Å²) in [7, 11) is 0. The summed E-state index contributed by atoms with van der Waals surface area (Å²) in [5, 5.41) is 0.607. The molecule has 0 saturated carbocycles. The predicted molar refractivity (Wildman–Crippen MR) is 92.2 cm³/mol. The van der Waals surface area contributed by atoms with Gasteiger partial charge in [0.15, 0.2) is 0 Å². The fourth-order valence-corrected chi connectivity index (χ4v) is 2.71. The lowest BCUT2D eigenvalue weighted by molar-refractivity contribution is 0.0479. The van der Waals surface area contributed by atoms with E-state index < -0.39 is 11.9 Å². The predicted octanol–water partition coefficient (Wildman–Crippen LogP) is 4.10. The zero-order valence-corrected chi connectivity index (χ0v) is 14.9. The van der Waals surface area contributed by atoms with Gasteiger partial charge in [-0.3, -0.25) is 0 Å². The Morgan fingerprint density at radius 2 is 1.71 bits per heavy atom. The van der Waals surface area contributed by atoms with Gasteiger partial charge in [0.25, 0.3) is 0 Å². The van der Waals surface area contributed by atoms with Crippen molar-refractivity contribution in [1.82, 2.24) is 4.57 Å². The molecule has 1 aromatic carbocycles. The average molecular weight is 350 g/mol. The van der Waals surface area contributed by atoms with Crippen molar-refractivity contribution in [2.24, 2.45) is 0 Å². The summed E-state index contributed by atoms with van der Waals surface area (Å²) in [6.45, 7) is 7.52. The van der Waals surface area contributed by atoms with E-state index >= 15 is 0 Å². The van der Waals surface area contributed by atoms with E-state index in [0.717, 1.165) is 11.3 Å². The molecule has 0 bridgehead atoms. The van der Waals surface area contributed by atoms with Crippen LogP contribution in [0.15, 0.2) is 24.4 Å². The molecular formula is C18H20ClNO4. The van der Waals surface area contributed by atoms with E-state index in [4.69, 9.17) is 21.1 Å². The topological polar surface area (TPSA) is 57.5 Å². The Bertz CT molecular complexity index is 780. The maximum absolute atomic E-state index is 12.3. The summed E-state index contributed by atoms with van der Waals surface area (Å²) in [5.41, 5.74) is 2.65. The highest BCUT2D eigenvalue weighted by Crippen LogP contribution is 2.28. The highest BCUT2D eigenvalue weighted by atomic mass is 35.5. The number of benzene rings is 1. The smallest absolute Gasteiger partial charge is 0.340 e. The normalized spacial score (nSPS) is 10.5. The van der Waals surface area contributed by atoms with Gasteiger partial charge in [-0.15, -0.1) is 0 Å². The lowest BCUT2D eigenvalue weighted by atomic mass is 10.1. The van der Waals surface area contributed by atoms with Gasteiger partial charge in [0.2, 0.25) is 0 Å². The summed E-state index contributed by atoms with van der Waals surface area (Å²) in [6.07, 6.45) is 1.60. The van der Waals surface area contributed by atoms with Crippen molar-refractivity contribution in [1.29, 1.82) is 0 Å². The molecule has 0 aliphatic rings. The van der Waals surface area contributed by atoms with E-state index in [2.05, 4.69) is 0 Å². The third-order valence-electron chi connectivity index (χ3n) is 3.72. The molecule has 0 aliphatic heterocycles. The third kappa shape index (κ3) is 3.31. The van der Waals surface area contributed by atoms with E-state index in [1.54, 1.807) is 37.6 Å². The maximum Gasteiger partial charge on any atom is 0.340 e. The molecule has 0 unspecified atom stereocenters. The Kier molecular flexibility index (Phi) is 5.67. The Labute approximate surface area is 146 Å². The molecule has 0 N–H and O–H groups in total. The fourth-order valence-electron chi connectivity index (χ4n) is 2.54. The van der Waals surface area contributed by atoms with Crippen molar-refractivity contribution < 1.29 is 19.1 Å². The van der Waals surface area contributed by atoms with Crippen molar-refractivity contribution >= 4 is 23.5 Å². The minimum absolute atomic E-state index is 0.187. The first-order valence-corrected chi connectivity index (χ1v) is 8.11. The highest BCUT2D eigenvalue weighted by molar-refractivity contribution is 6.31. The molecule has 24 heavy (non-hydrogen) atoms. The first-order chi connectivity index (χ1) is 11.4. The Balaban J connectivity index is 2.66. The van der Waals surface area contributed by atoms with Crippen molar-refractivity contribution in [2.45, 2.75) is 27.7 Å². The summed E-state index contributed by atoms with van der Waals surface area (Å²) >= 11 is 6.19. The van der Waals surface area contributed by atoms with Gasteiger partial charge in [-0.2, -0.15) is 0 Å². The molecule has 0 radical (unpaired) electrons. The van der Waals surface area contributed by atoms with Crippen LogP contribution in [0.25, 0.3) is 5.69 Å². The Morgan fingerprint density at radius 1 is 1.08 bits per heavy atom. The number of hydrogen-bond donors (Lipinski definition) is 0. The second-order valence-electron chi connectivity index (χ2n) is 5.20. The minimum atomic E-state index is -0.554. The number of aromatic nitrogens is 1. The molecule has 2 aromatic rings. The van der Waals surface area contributed by atoms with Gasteiger partial charge in [-0.05, 0) is 45.4 Å². The van der Waals surface area contributed by atoms with Crippen LogP contribution in [0.1, 0.15) is 45.8 Å². The average Bonchev–Trinajstić information content (AvgIpc) is 2.88. The SMILES string of the molecule is CCOC(=O)c1cn(-c2cccc(Cl)c2C)c(C)c1C(=O)OCC. The molecule has 1 aromatic heterocycles. The molecule has 5 nitrogen and oxygen atoms in total. The van der Waals surface area contributed by atoms with Gasteiger partial charge in [-0.25, -0.2) is 9.59 Å². The standard InChI is InChI=1S/C18H20ClNO4/c1-5-23-17(21)13-10-20(12(4)16(13)18(22)24-6-2)15-9-7-8-14(19)11(15)3/h7-10H,5-6H2,1-4H3. The van der Waals surface area contributed by atoms with Crippen LogP contribution in [0.5, 0.6) is 0 Å². The van der Waals surface area contributed by atoms with Crippen molar-refractivity contribution in [3.05, 3.63) is 51.8 Å². The zero-order valence-electron chi connectivity index (χ0n) is 14.2. The summed E-state index contributed by atoms with van der Waals surface area (Å²) < 4.78 is 11.9. The number of nitrogens with zero attached hydrogens (tertiary/aromatic N) is 1. The van der Waals surface area contributed by atoms with Gasteiger partial charge in [0.05, 0.1) is 24.3 Å². The molecule has 0 saturated heterocycles. The number of carbonyl (C=O) groups excluding carboxylic acids is 2. The lowest BCUT2D eigenvalue weighted by Gasteiger charge is -2.11. The maximum atomic E-state index is 12.3. The van der Waals surface area contributed by atoms with Gasteiger partial charge >= 0.3 is 11.9 Å². The number of hydrogen-bond acceptors (Lipinski definition) is 4. The molecule has 0 atom stereocenters. The molecule has 6 heteroatoms. The monoisotopic (exact) mass is 349 g/mol. The van der Waals surface area contributed by atoms with Crippen LogP contribution in [-0.4, -0.2) is 29.7 Å². The number of halogens is 1. The lowest BCUT2D eigenvalue weighted by Crippen LogP contribution is -2.13. The number of carbonyl (C=O) groups is 2. The van der Waals surface area contributed by atoms with E-state index in [9.17, 15) is 9.59 Å².